The van der Waals surface area contributed by atoms with E-state index in [1.165, 1.54) is 6.42 Å². The number of benzene rings is 2. The molecular formula is C23H27BrN2O3. The van der Waals surface area contributed by atoms with Gasteiger partial charge < -0.3 is 15.4 Å². The second kappa shape index (κ2) is 10.4. The van der Waals surface area contributed by atoms with E-state index in [2.05, 4.69) is 26.6 Å². The molecule has 6 heteroatoms. The van der Waals surface area contributed by atoms with Gasteiger partial charge in [0.05, 0.1) is 11.1 Å². The van der Waals surface area contributed by atoms with Gasteiger partial charge in [-0.3, -0.25) is 9.59 Å². The molecule has 1 saturated carbocycles. The first-order valence-corrected chi connectivity index (χ1v) is 11.0. The van der Waals surface area contributed by atoms with Crippen LogP contribution in [0.1, 0.15) is 55.8 Å². The summed E-state index contributed by atoms with van der Waals surface area (Å²) in [6.45, 7) is 2.67. The largest absolute Gasteiger partial charge is 0.492 e. The molecule has 3 rings (SSSR count). The number of amides is 2. The highest BCUT2D eigenvalue weighted by molar-refractivity contribution is 9.10. The lowest BCUT2D eigenvalue weighted by Gasteiger charge is -2.20. The van der Waals surface area contributed by atoms with Crippen molar-refractivity contribution in [2.24, 2.45) is 5.92 Å². The number of ether oxygens (including phenoxy) is 1. The van der Waals surface area contributed by atoms with Gasteiger partial charge in [0, 0.05) is 22.9 Å². The van der Waals surface area contributed by atoms with Crippen LogP contribution in [-0.4, -0.2) is 18.4 Å². The second-order valence-electron chi connectivity index (χ2n) is 7.35. The van der Waals surface area contributed by atoms with Gasteiger partial charge in [-0.25, -0.2) is 0 Å². The minimum absolute atomic E-state index is 0.0692. The van der Waals surface area contributed by atoms with Gasteiger partial charge in [0.15, 0.2) is 0 Å². The molecule has 0 unspecified atom stereocenters. The van der Waals surface area contributed by atoms with E-state index in [1.54, 1.807) is 24.3 Å². The lowest BCUT2D eigenvalue weighted by atomic mass is 9.88. The van der Waals surface area contributed by atoms with E-state index >= 15 is 0 Å². The third-order valence-electron chi connectivity index (χ3n) is 5.02. The molecule has 0 atom stereocenters. The Bertz CT molecular complexity index is 863. The minimum Gasteiger partial charge on any atom is -0.492 e. The third-order valence-corrected chi connectivity index (χ3v) is 5.64. The van der Waals surface area contributed by atoms with Crippen molar-refractivity contribution < 1.29 is 14.3 Å². The number of anilines is 2. The molecule has 29 heavy (non-hydrogen) atoms. The van der Waals surface area contributed by atoms with Gasteiger partial charge in [-0.1, -0.05) is 32.3 Å². The Morgan fingerprint density at radius 2 is 1.76 bits per heavy atom. The van der Waals surface area contributed by atoms with Crippen LogP contribution < -0.4 is 15.4 Å². The highest BCUT2D eigenvalue weighted by atomic mass is 79.9. The Morgan fingerprint density at radius 1 is 1.03 bits per heavy atom. The van der Waals surface area contributed by atoms with Crippen molar-refractivity contribution in [1.82, 2.24) is 0 Å². The number of rotatable bonds is 7. The van der Waals surface area contributed by atoms with Crippen LogP contribution in [0.5, 0.6) is 5.75 Å². The summed E-state index contributed by atoms with van der Waals surface area (Å²) in [5.41, 5.74) is 1.86. The van der Waals surface area contributed by atoms with Crippen LogP contribution in [0.3, 0.4) is 0 Å². The topological polar surface area (TPSA) is 67.4 Å². The minimum atomic E-state index is -0.219. The third kappa shape index (κ3) is 6.07. The molecule has 0 saturated heterocycles. The highest BCUT2D eigenvalue weighted by Gasteiger charge is 2.21. The predicted octanol–water partition coefficient (Wildman–Crippen LogP) is 6.01. The van der Waals surface area contributed by atoms with Gasteiger partial charge in [0.2, 0.25) is 5.91 Å². The zero-order chi connectivity index (χ0) is 20.6. The summed E-state index contributed by atoms with van der Waals surface area (Å²) in [4.78, 5) is 25.1. The maximum atomic E-state index is 12.6. The van der Waals surface area contributed by atoms with Gasteiger partial charge in [-0.05, 0) is 71.6 Å². The van der Waals surface area contributed by atoms with Crippen molar-refractivity contribution in [2.45, 2.75) is 45.4 Å². The molecule has 0 bridgehead atoms. The molecular weight excluding hydrogens is 432 g/mol. The summed E-state index contributed by atoms with van der Waals surface area (Å²) in [6.07, 6.45) is 6.28. The van der Waals surface area contributed by atoms with Crippen molar-refractivity contribution in [3.05, 3.63) is 52.5 Å². The molecule has 2 N–H and O–H groups in total. The van der Waals surface area contributed by atoms with Crippen LogP contribution in [0.2, 0.25) is 0 Å². The average molecular weight is 459 g/mol. The maximum Gasteiger partial charge on any atom is 0.255 e. The molecule has 5 nitrogen and oxygen atoms in total. The van der Waals surface area contributed by atoms with Gasteiger partial charge in [-0.15, -0.1) is 0 Å². The van der Waals surface area contributed by atoms with E-state index in [4.69, 9.17) is 4.74 Å². The number of hydrogen-bond donors (Lipinski definition) is 2. The molecule has 0 aromatic heterocycles. The summed E-state index contributed by atoms with van der Waals surface area (Å²) in [6, 6.07) is 12.5. The normalized spacial score (nSPS) is 14.3. The van der Waals surface area contributed by atoms with Crippen molar-refractivity contribution >= 4 is 39.1 Å². The van der Waals surface area contributed by atoms with Crippen molar-refractivity contribution in [2.75, 3.05) is 17.2 Å². The fourth-order valence-electron chi connectivity index (χ4n) is 3.46. The summed E-state index contributed by atoms with van der Waals surface area (Å²) in [7, 11) is 0. The molecule has 1 fully saturated rings. The van der Waals surface area contributed by atoms with E-state index in [0.717, 1.165) is 42.3 Å². The first-order chi connectivity index (χ1) is 14.1. The van der Waals surface area contributed by atoms with Crippen LogP contribution in [0.4, 0.5) is 11.4 Å². The van der Waals surface area contributed by atoms with Crippen LogP contribution in [0, 0.1) is 5.92 Å². The van der Waals surface area contributed by atoms with Crippen LogP contribution >= 0.6 is 15.9 Å². The Balaban J connectivity index is 1.62. The monoisotopic (exact) mass is 458 g/mol. The fourth-order valence-corrected chi connectivity index (χ4v) is 3.95. The quantitative estimate of drug-likeness (QED) is 0.533. The predicted molar refractivity (Wildman–Crippen MR) is 120 cm³/mol. The molecule has 1 aliphatic rings. The number of nitrogens with one attached hydrogen (secondary N) is 2. The number of halogens is 1. The lowest BCUT2D eigenvalue weighted by Crippen LogP contribution is -2.24. The van der Waals surface area contributed by atoms with Crippen molar-refractivity contribution in [1.29, 1.82) is 0 Å². The summed E-state index contributed by atoms with van der Waals surface area (Å²) < 4.78 is 6.37. The smallest absolute Gasteiger partial charge is 0.255 e. The van der Waals surface area contributed by atoms with Gasteiger partial charge in [0.1, 0.15) is 5.75 Å². The second-order valence-corrected chi connectivity index (χ2v) is 8.21. The first kappa shape index (κ1) is 21.4. The molecule has 2 amide bonds. The van der Waals surface area contributed by atoms with Crippen LogP contribution in [-0.2, 0) is 4.79 Å². The standard InChI is InChI=1S/C23H27BrN2O3/c1-2-13-29-21-12-11-17(14-20(21)24)23(28)26-19-10-6-9-18(15-19)25-22(27)16-7-4-3-5-8-16/h6,9-12,14-16H,2-5,7-8,13H2,1H3,(H,25,27)(H,26,28). The molecule has 0 radical (unpaired) electrons. The number of carbonyl (C=O) groups excluding carboxylic acids is 2. The average Bonchev–Trinajstić information content (AvgIpc) is 2.73. The molecule has 1 aliphatic carbocycles. The summed E-state index contributed by atoms with van der Waals surface area (Å²) in [5.74, 6) is 0.659. The van der Waals surface area contributed by atoms with Crippen molar-refractivity contribution in [3.63, 3.8) is 0 Å². The SMILES string of the molecule is CCCOc1ccc(C(=O)Nc2cccc(NC(=O)C3CCCCC3)c2)cc1Br. The first-order valence-electron chi connectivity index (χ1n) is 10.2. The van der Waals surface area contributed by atoms with Crippen molar-refractivity contribution in [3.8, 4) is 5.75 Å². The number of carbonyl (C=O) groups is 2. The zero-order valence-electron chi connectivity index (χ0n) is 16.7. The molecule has 0 heterocycles. The Kier molecular flexibility index (Phi) is 7.69. The fraction of sp³-hybridized carbons (Fsp3) is 0.391. The Hall–Kier alpha value is -2.34. The summed E-state index contributed by atoms with van der Waals surface area (Å²) >= 11 is 3.46. The van der Waals surface area contributed by atoms with E-state index in [-0.39, 0.29) is 17.7 Å². The van der Waals surface area contributed by atoms with Gasteiger partial charge in [0.25, 0.3) is 5.91 Å². The molecule has 0 spiro atoms. The maximum absolute atomic E-state index is 12.6. The van der Waals surface area contributed by atoms with Gasteiger partial charge >= 0.3 is 0 Å². The molecule has 0 aliphatic heterocycles. The summed E-state index contributed by atoms with van der Waals surface area (Å²) in [5, 5.41) is 5.88. The molecule has 154 valence electrons. The van der Waals surface area contributed by atoms with E-state index < -0.39 is 0 Å². The number of hydrogen-bond acceptors (Lipinski definition) is 3. The molecule has 2 aromatic carbocycles. The Labute approximate surface area is 180 Å². The highest BCUT2D eigenvalue weighted by Crippen LogP contribution is 2.27. The van der Waals surface area contributed by atoms with Gasteiger partial charge in [-0.2, -0.15) is 0 Å². The zero-order valence-corrected chi connectivity index (χ0v) is 18.3. The van der Waals surface area contributed by atoms with E-state index in [9.17, 15) is 9.59 Å². The van der Waals surface area contributed by atoms with Crippen LogP contribution in [0.15, 0.2) is 46.9 Å². The Morgan fingerprint density at radius 3 is 2.45 bits per heavy atom. The van der Waals surface area contributed by atoms with E-state index in [1.807, 2.05) is 25.1 Å². The van der Waals surface area contributed by atoms with Crippen LogP contribution in [0.25, 0.3) is 0 Å². The lowest BCUT2D eigenvalue weighted by molar-refractivity contribution is -0.120. The van der Waals surface area contributed by atoms with E-state index in [0.29, 0.717) is 23.5 Å². The molecule has 2 aromatic rings.